The Labute approximate surface area is 114 Å². The van der Waals surface area contributed by atoms with Crippen LogP contribution < -0.4 is 5.32 Å². The molecule has 2 aromatic rings. The van der Waals surface area contributed by atoms with E-state index in [2.05, 4.69) is 15.3 Å². The first-order chi connectivity index (χ1) is 9.36. The first-order valence-corrected chi connectivity index (χ1v) is 7.29. The fourth-order valence-corrected chi connectivity index (χ4v) is 2.03. The van der Waals surface area contributed by atoms with Gasteiger partial charge in [-0.25, -0.2) is 18.4 Å². The Morgan fingerprint density at radius 2 is 1.70 bits per heavy atom. The summed E-state index contributed by atoms with van der Waals surface area (Å²) in [7, 11) is -3.24. The number of hydrogen-bond acceptors (Lipinski definition) is 7. The molecule has 0 spiro atoms. The van der Waals surface area contributed by atoms with Gasteiger partial charge >= 0.3 is 5.69 Å². The van der Waals surface area contributed by atoms with Gasteiger partial charge in [0.2, 0.25) is 5.95 Å². The summed E-state index contributed by atoms with van der Waals surface area (Å²) in [5.41, 5.74) is 0.370. The zero-order chi connectivity index (χ0) is 14.8. The molecule has 20 heavy (non-hydrogen) atoms. The van der Waals surface area contributed by atoms with Gasteiger partial charge in [-0.15, -0.1) is 0 Å². The topological polar surface area (TPSA) is 115 Å². The number of sulfone groups is 1. The third kappa shape index (κ3) is 3.26. The number of nitrogens with one attached hydrogen (secondary N) is 1. The molecule has 0 aliphatic rings. The van der Waals surface area contributed by atoms with Crippen LogP contribution in [0.2, 0.25) is 0 Å². The predicted octanol–water partition coefficient (Wildman–Crippen LogP) is 1.53. The van der Waals surface area contributed by atoms with Crippen LogP contribution in [0.5, 0.6) is 0 Å². The van der Waals surface area contributed by atoms with E-state index >= 15 is 0 Å². The van der Waals surface area contributed by atoms with Crippen LogP contribution in [0.15, 0.2) is 41.6 Å². The Kier molecular flexibility index (Phi) is 3.61. The highest BCUT2D eigenvalue weighted by atomic mass is 32.2. The number of aromatic nitrogens is 2. The molecule has 0 saturated heterocycles. The van der Waals surface area contributed by atoms with E-state index in [4.69, 9.17) is 0 Å². The summed E-state index contributed by atoms with van der Waals surface area (Å²) in [6.45, 7) is 0. The molecule has 8 nitrogen and oxygen atoms in total. The Balaban J connectivity index is 2.16. The molecule has 0 amide bonds. The van der Waals surface area contributed by atoms with Gasteiger partial charge < -0.3 is 5.32 Å². The highest BCUT2D eigenvalue weighted by Crippen LogP contribution is 2.17. The lowest BCUT2D eigenvalue weighted by molar-refractivity contribution is -0.385. The minimum absolute atomic E-state index is 0.183. The molecule has 0 aliphatic carbocycles. The summed E-state index contributed by atoms with van der Waals surface area (Å²) in [6, 6.07) is 6.01. The van der Waals surface area contributed by atoms with Crippen molar-refractivity contribution in [3.05, 3.63) is 46.8 Å². The van der Waals surface area contributed by atoms with Crippen molar-refractivity contribution in [2.45, 2.75) is 4.90 Å². The standard InChI is InChI=1S/C11H10N4O4S/c1-20(18,19)10-4-2-8(3-5-10)14-11-12-6-9(7-13-11)15(16)17/h2-7H,1H3,(H,12,13,14). The maximum Gasteiger partial charge on any atom is 0.305 e. The second-order valence-corrected chi connectivity index (χ2v) is 5.96. The number of anilines is 2. The molecule has 1 N–H and O–H groups in total. The van der Waals surface area contributed by atoms with Gasteiger partial charge in [-0.2, -0.15) is 0 Å². The van der Waals surface area contributed by atoms with Crippen molar-refractivity contribution in [3.8, 4) is 0 Å². The van der Waals surface area contributed by atoms with Crippen LogP contribution in [0.1, 0.15) is 0 Å². The molecular weight excluding hydrogens is 284 g/mol. The monoisotopic (exact) mass is 294 g/mol. The quantitative estimate of drug-likeness (QED) is 0.671. The molecular formula is C11H10N4O4S. The van der Waals surface area contributed by atoms with Crippen molar-refractivity contribution < 1.29 is 13.3 Å². The lowest BCUT2D eigenvalue weighted by atomic mass is 10.3. The summed E-state index contributed by atoms with van der Waals surface area (Å²) in [5.74, 6) is 0.183. The Bertz CT molecular complexity index is 726. The van der Waals surface area contributed by atoms with Gasteiger partial charge in [0.05, 0.1) is 9.82 Å². The van der Waals surface area contributed by atoms with E-state index in [1.165, 1.54) is 12.1 Å². The van der Waals surface area contributed by atoms with Gasteiger partial charge in [0.25, 0.3) is 0 Å². The number of hydrogen-bond donors (Lipinski definition) is 1. The van der Waals surface area contributed by atoms with E-state index in [1.54, 1.807) is 12.1 Å². The average molecular weight is 294 g/mol. The van der Waals surface area contributed by atoms with Gasteiger partial charge in [0, 0.05) is 11.9 Å². The molecule has 1 aromatic carbocycles. The number of nitro groups is 1. The lowest BCUT2D eigenvalue weighted by Crippen LogP contribution is -2.00. The third-order valence-electron chi connectivity index (χ3n) is 2.39. The molecule has 0 aliphatic heterocycles. The first-order valence-electron chi connectivity index (χ1n) is 5.40. The smallest absolute Gasteiger partial charge is 0.305 e. The molecule has 104 valence electrons. The Morgan fingerprint density at radius 3 is 2.15 bits per heavy atom. The van der Waals surface area contributed by atoms with Crippen molar-refractivity contribution in [2.24, 2.45) is 0 Å². The highest BCUT2D eigenvalue weighted by Gasteiger charge is 2.08. The summed E-state index contributed by atoms with van der Waals surface area (Å²) in [6.07, 6.45) is 3.29. The van der Waals surface area contributed by atoms with E-state index in [0.29, 0.717) is 5.69 Å². The van der Waals surface area contributed by atoms with Crippen LogP contribution in [0, 0.1) is 10.1 Å². The molecule has 2 rings (SSSR count). The van der Waals surface area contributed by atoms with Gasteiger partial charge in [-0.1, -0.05) is 0 Å². The van der Waals surface area contributed by atoms with Crippen molar-refractivity contribution in [1.29, 1.82) is 0 Å². The molecule has 0 bridgehead atoms. The highest BCUT2D eigenvalue weighted by molar-refractivity contribution is 7.90. The van der Waals surface area contributed by atoms with Crippen molar-refractivity contribution in [2.75, 3.05) is 11.6 Å². The molecule has 0 radical (unpaired) electrons. The second kappa shape index (κ2) is 5.21. The Morgan fingerprint density at radius 1 is 1.15 bits per heavy atom. The number of nitrogens with zero attached hydrogens (tertiary/aromatic N) is 3. The van der Waals surface area contributed by atoms with Gasteiger partial charge in [0.1, 0.15) is 12.4 Å². The van der Waals surface area contributed by atoms with Crippen molar-refractivity contribution >= 4 is 27.2 Å². The van der Waals surface area contributed by atoms with Crippen LogP contribution in [-0.4, -0.2) is 29.6 Å². The minimum Gasteiger partial charge on any atom is -0.324 e. The zero-order valence-corrected chi connectivity index (χ0v) is 11.2. The second-order valence-electron chi connectivity index (χ2n) is 3.94. The number of rotatable bonds is 4. The Hall–Kier alpha value is -2.55. The van der Waals surface area contributed by atoms with Crippen molar-refractivity contribution in [3.63, 3.8) is 0 Å². The molecule has 1 heterocycles. The van der Waals surface area contributed by atoms with Crippen molar-refractivity contribution in [1.82, 2.24) is 9.97 Å². The van der Waals surface area contributed by atoms with Crippen LogP contribution in [-0.2, 0) is 9.84 Å². The van der Waals surface area contributed by atoms with Crippen LogP contribution in [0.25, 0.3) is 0 Å². The van der Waals surface area contributed by atoms with E-state index in [9.17, 15) is 18.5 Å². The summed E-state index contributed by atoms with van der Waals surface area (Å²) < 4.78 is 22.6. The lowest BCUT2D eigenvalue weighted by Gasteiger charge is -2.05. The van der Waals surface area contributed by atoms with Gasteiger partial charge in [-0.3, -0.25) is 10.1 Å². The van der Waals surface area contributed by atoms with Crippen LogP contribution in [0.4, 0.5) is 17.3 Å². The molecule has 0 unspecified atom stereocenters. The molecule has 0 atom stereocenters. The van der Waals surface area contributed by atoms with E-state index < -0.39 is 14.8 Å². The van der Waals surface area contributed by atoms with Crippen LogP contribution >= 0.6 is 0 Å². The van der Waals surface area contributed by atoms with Gasteiger partial charge in [0.15, 0.2) is 9.84 Å². The summed E-state index contributed by atoms with van der Waals surface area (Å²) >= 11 is 0. The maximum atomic E-state index is 11.3. The number of benzene rings is 1. The molecule has 9 heteroatoms. The van der Waals surface area contributed by atoms with E-state index in [-0.39, 0.29) is 16.5 Å². The van der Waals surface area contributed by atoms with E-state index in [1.807, 2.05) is 0 Å². The van der Waals surface area contributed by atoms with Gasteiger partial charge in [-0.05, 0) is 24.3 Å². The molecule has 1 aromatic heterocycles. The predicted molar refractivity (Wildman–Crippen MR) is 71.5 cm³/mol. The summed E-state index contributed by atoms with van der Waals surface area (Å²) in [4.78, 5) is 17.6. The van der Waals surface area contributed by atoms with E-state index in [0.717, 1.165) is 18.6 Å². The molecule has 0 saturated carbocycles. The first kappa shape index (κ1) is 13.9. The molecule has 0 fully saturated rings. The average Bonchev–Trinajstić information content (AvgIpc) is 2.39. The van der Waals surface area contributed by atoms with Crippen LogP contribution in [0.3, 0.4) is 0 Å². The SMILES string of the molecule is CS(=O)(=O)c1ccc(Nc2ncc([N+](=O)[O-])cn2)cc1. The fraction of sp³-hybridized carbons (Fsp3) is 0.0909. The fourth-order valence-electron chi connectivity index (χ4n) is 1.39. The largest absolute Gasteiger partial charge is 0.324 e. The zero-order valence-electron chi connectivity index (χ0n) is 10.3. The third-order valence-corrected chi connectivity index (χ3v) is 3.52. The normalized spacial score (nSPS) is 11.1. The summed E-state index contributed by atoms with van der Waals surface area (Å²) in [5, 5.41) is 13.3. The minimum atomic E-state index is -3.24. The maximum absolute atomic E-state index is 11.3.